The Morgan fingerprint density at radius 3 is 2.57 bits per heavy atom. The molecule has 1 unspecified atom stereocenters. The summed E-state index contributed by atoms with van der Waals surface area (Å²) in [5.74, 6) is -1.84. The highest BCUT2D eigenvalue weighted by Gasteiger charge is 2.40. The van der Waals surface area contributed by atoms with Gasteiger partial charge in [-0.1, -0.05) is 19.1 Å². The van der Waals surface area contributed by atoms with E-state index >= 15 is 0 Å². The number of nitrogens with zero attached hydrogens (tertiary/aromatic N) is 1. The topological polar surface area (TPSA) is 146 Å². The molecule has 0 saturated carbocycles. The van der Waals surface area contributed by atoms with Crippen LogP contribution >= 0.6 is 0 Å². The van der Waals surface area contributed by atoms with Gasteiger partial charge in [-0.2, -0.15) is 0 Å². The average molecular weight is 512 g/mol. The number of esters is 1. The number of nitro groups is 1. The average Bonchev–Trinajstić information content (AvgIpc) is 2.81. The largest absolute Gasteiger partial charge is 0.460 e. The predicted molar refractivity (Wildman–Crippen MR) is 130 cm³/mol. The van der Waals surface area contributed by atoms with Gasteiger partial charge in [-0.05, 0) is 32.3 Å². The number of methoxy groups -OCH3 is 1. The van der Waals surface area contributed by atoms with Crippen molar-refractivity contribution in [2.45, 2.75) is 39.5 Å². The first-order chi connectivity index (χ1) is 16.6. The van der Waals surface area contributed by atoms with Gasteiger partial charge in [0.15, 0.2) is 0 Å². The third-order valence-corrected chi connectivity index (χ3v) is 6.95. The minimum absolute atomic E-state index is 0.0165. The molecule has 1 aromatic carbocycles. The molecule has 0 fully saturated rings. The quantitative estimate of drug-likeness (QED) is 0.167. The molecule has 1 heterocycles. The number of benzene rings is 1. The Morgan fingerprint density at radius 1 is 1.17 bits per heavy atom. The number of nitro benzene ring substituents is 1. The molecule has 1 aliphatic heterocycles. The van der Waals surface area contributed by atoms with E-state index in [1.165, 1.54) is 25.3 Å². The van der Waals surface area contributed by atoms with Gasteiger partial charge < -0.3 is 19.5 Å². The number of nitrogens with one attached hydrogen (secondary N) is 2. The van der Waals surface area contributed by atoms with Gasteiger partial charge in [0.2, 0.25) is 10.0 Å². The molecule has 12 heteroatoms. The van der Waals surface area contributed by atoms with E-state index in [0.29, 0.717) is 31.0 Å². The highest BCUT2D eigenvalue weighted by molar-refractivity contribution is 7.93. The molecule has 0 bridgehead atoms. The van der Waals surface area contributed by atoms with Crippen molar-refractivity contribution >= 4 is 21.7 Å². The number of hydrogen-bond donors (Lipinski definition) is 2. The second-order valence-corrected chi connectivity index (χ2v) is 9.67. The maximum absolute atomic E-state index is 13.4. The number of non-ortho nitro benzene ring substituents is 1. The van der Waals surface area contributed by atoms with Gasteiger partial charge in [0, 0.05) is 50.4 Å². The van der Waals surface area contributed by atoms with Crippen molar-refractivity contribution in [1.82, 2.24) is 10.0 Å². The number of allylic oxidation sites excluding steroid dienone is 3. The Balaban J connectivity index is 2.50. The molecule has 2 N–H and O–H groups in total. The zero-order valence-electron chi connectivity index (χ0n) is 20.5. The van der Waals surface area contributed by atoms with Gasteiger partial charge >= 0.3 is 5.97 Å². The highest BCUT2D eigenvalue weighted by Crippen LogP contribution is 2.41. The van der Waals surface area contributed by atoms with Crippen LogP contribution in [0.3, 0.4) is 0 Å². The zero-order valence-corrected chi connectivity index (χ0v) is 21.3. The minimum Gasteiger partial charge on any atom is -0.460 e. The van der Waals surface area contributed by atoms with E-state index in [1.807, 2.05) is 6.92 Å². The zero-order chi connectivity index (χ0) is 26.0. The Morgan fingerprint density at radius 2 is 1.91 bits per heavy atom. The minimum atomic E-state index is -4.09. The van der Waals surface area contributed by atoms with Crippen LogP contribution in [0.1, 0.15) is 45.1 Å². The summed E-state index contributed by atoms with van der Waals surface area (Å²) in [7, 11) is -2.57. The Hall–Kier alpha value is -2.80. The molecular weight excluding hydrogens is 478 g/mol. The van der Waals surface area contributed by atoms with Gasteiger partial charge in [0.25, 0.3) is 5.69 Å². The van der Waals surface area contributed by atoms with Crippen LogP contribution in [-0.2, 0) is 29.0 Å². The number of ether oxygens (including phenoxy) is 3. The molecular formula is C23H33N3O8S. The summed E-state index contributed by atoms with van der Waals surface area (Å²) in [6.07, 6.45) is 1.26. The van der Waals surface area contributed by atoms with Crippen LogP contribution in [0.5, 0.6) is 0 Å². The second kappa shape index (κ2) is 13.3. The first-order valence-corrected chi connectivity index (χ1v) is 12.8. The predicted octanol–water partition coefficient (Wildman–Crippen LogP) is 2.71. The summed E-state index contributed by atoms with van der Waals surface area (Å²) in [6.45, 7) is 6.36. The van der Waals surface area contributed by atoms with Crippen molar-refractivity contribution in [3.8, 4) is 0 Å². The third kappa shape index (κ3) is 7.59. The van der Waals surface area contributed by atoms with E-state index < -0.39 is 26.8 Å². The van der Waals surface area contributed by atoms with Gasteiger partial charge in [-0.3, -0.25) is 10.1 Å². The second-order valence-electron chi connectivity index (χ2n) is 7.93. The van der Waals surface area contributed by atoms with Crippen LogP contribution in [0.2, 0.25) is 0 Å². The van der Waals surface area contributed by atoms with E-state index in [0.717, 1.165) is 6.42 Å². The maximum Gasteiger partial charge on any atom is 0.336 e. The van der Waals surface area contributed by atoms with Crippen LogP contribution in [0, 0.1) is 10.1 Å². The molecule has 0 radical (unpaired) electrons. The summed E-state index contributed by atoms with van der Waals surface area (Å²) in [4.78, 5) is 23.9. The number of hydrogen-bond acceptors (Lipinski definition) is 9. The van der Waals surface area contributed by atoms with Gasteiger partial charge in [-0.15, -0.1) is 0 Å². The molecule has 0 amide bonds. The molecule has 1 atom stereocenters. The number of rotatable bonds is 14. The van der Waals surface area contributed by atoms with Crippen molar-refractivity contribution in [3.05, 3.63) is 61.8 Å². The van der Waals surface area contributed by atoms with Crippen LogP contribution < -0.4 is 10.0 Å². The molecule has 0 aliphatic carbocycles. The molecule has 1 aliphatic rings. The highest BCUT2D eigenvalue weighted by atomic mass is 32.2. The number of dihydropyridines is 1. The van der Waals surface area contributed by atoms with Crippen molar-refractivity contribution in [2.24, 2.45) is 0 Å². The maximum atomic E-state index is 13.4. The monoisotopic (exact) mass is 511 g/mol. The fourth-order valence-electron chi connectivity index (χ4n) is 3.76. The summed E-state index contributed by atoms with van der Waals surface area (Å²) in [5, 5.41) is 14.4. The van der Waals surface area contributed by atoms with E-state index in [-0.39, 0.29) is 41.5 Å². The first-order valence-electron chi connectivity index (χ1n) is 11.3. The summed E-state index contributed by atoms with van der Waals surface area (Å²) in [5.41, 5.74) is 0.828. The summed E-state index contributed by atoms with van der Waals surface area (Å²) in [6, 6.07) is 5.59. The van der Waals surface area contributed by atoms with E-state index in [4.69, 9.17) is 14.2 Å². The number of carbonyl (C=O) groups is 1. The van der Waals surface area contributed by atoms with Crippen molar-refractivity contribution in [3.63, 3.8) is 0 Å². The third-order valence-electron chi connectivity index (χ3n) is 5.25. The SMILES string of the molecule is CCCOCCOC(=O)C1=C(C)NC(C)=C(S(=O)(=O)NCCCOC)C1c1cccc([N+](=O)[O-])c1. The summed E-state index contributed by atoms with van der Waals surface area (Å²) >= 11 is 0. The molecule has 11 nitrogen and oxygen atoms in total. The Kier molecular flexibility index (Phi) is 10.8. The van der Waals surface area contributed by atoms with E-state index in [9.17, 15) is 23.3 Å². The Labute approximate surface area is 205 Å². The lowest BCUT2D eigenvalue weighted by atomic mass is 9.86. The van der Waals surface area contributed by atoms with Crippen molar-refractivity contribution in [1.29, 1.82) is 0 Å². The lowest BCUT2D eigenvalue weighted by molar-refractivity contribution is -0.384. The van der Waals surface area contributed by atoms with Crippen molar-refractivity contribution in [2.75, 3.05) is 40.1 Å². The lowest BCUT2D eigenvalue weighted by Crippen LogP contribution is -2.37. The smallest absolute Gasteiger partial charge is 0.336 e. The van der Waals surface area contributed by atoms with Crippen molar-refractivity contribution < 1.29 is 32.3 Å². The molecule has 2 rings (SSSR count). The lowest BCUT2D eigenvalue weighted by Gasteiger charge is -2.31. The van der Waals surface area contributed by atoms with Crippen LogP contribution in [-0.4, -0.2) is 59.4 Å². The van der Waals surface area contributed by atoms with Gasteiger partial charge in [0.1, 0.15) is 6.61 Å². The molecule has 0 saturated heterocycles. The van der Waals surface area contributed by atoms with Gasteiger partial charge in [0.05, 0.1) is 27.9 Å². The van der Waals surface area contributed by atoms with Crippen LogP contribution in [0.15, 0.2) is 46.1 Å². The molecule has 35 heavy (non-hydrogen) atoms. The normalized spacial score (nSPS) is 16.3. The molecule has 0 aromatic heterocycles. The van der Waals surface area contributed by atoms with Crippen LogP contribution in [0.25, 0.3) is 0 Å². The van der Waals surface area contributed by atoms with E-state index in [2.05, 4.69) is 10.0 Å². The standard InChI is InChI=1S/C23H33N3O8S/c1-5-11-33-13-14-34-23(27)20-16(2)25-17(3)22(35(30,31)24-10-7-12-32-4)21(20)18-8-6-9-19(15-18)26(28)29/h6,8-9,15,21,24-25H,5,7,10-14H2,1-4H3. The molecule has 0 spiro atoms. The molecule has 1 aromatic rings. The van der Waals surface area contributed by atoms with Crippen LogP contribution in [0.4, 0.5) is 5.69 Å². The molecule has 194 valence electrons. The first kappa shape index (κ1) is 28.4. The fraction of sp³-hybridized carbons (Fsp3) is 0.522. The summed E-state index contributed by atoms with van der Waals surface area (Å²) < 4.78 is 45.0. The van der Waals surface area contributed by atoms with E-state index in [1.54, 1.807) is 19.9 Å². The van der Waals surface area contributed by atoms with Gasteiger partial charge in [-0.25, -0.2) is 17.9 Å². The fourth-order valence-corrected chi connectivity index (χ4v) is 5.34. The number of carbonyl (C=O) groups excluding carboxylic acids is 1. The Bertz CT molecular complexity index is 1080. The number of sulfonamides is 1.